The van der Waals surface area contributed by atoms with Crippen molar-refractivity contribution in [1.82, 2.24) is 10.3 Å². The minimum absolute atomic E-state index is 0.120. The summed E-state index contributed by atoms with van der Waals surface area (Å²) in [5, 5.41) is 3.15. The first kappa shape index (κ1) is 8.82. The van der Waals surface area contributed by atoms with E-state index in [1.807, 2.05) is 6.92 Å². The van der Waals surface area contributed by atoms with Gasteiger partial charge >= 0.3 is 0 Å². The molecular formula is C9H12N2O. The van der Waals surface area contributed by atoms with Crippen LogP contribution < -0.4 is 5.32 Å². The van der Waals surface area contributed by atoms with E-state index < -0.39 is 0 Å². The van der Waals surface area contributed by atoms with Crippen LogP contribution in [0.1, 0.15) is 19.1 Å². The van der Waals surface area contributed by atoms with Gasteiger partial charge in [0.15, 0.2) is 6.39 Å². The van der Waals surface area contributed by atoms with Gasteiger partial charge in [0, 0.05) is 0 Å². The van der Waals surface area contributed by atoms with Crippen LogP contribution in [0.25, 0.3) is 0 Å². The average Bonchev–Trinajstić information content (AvgIpc) is 2.59. The fourth-order valence-corrected chi connectivity index (χ4v) is 0.874. The molecule has 0 saturated heterocycles. The van der Waals surface area contributed by atoms with Gasteiger partial charge in [0.25, 0.3) is 0 Å². The molecule has 3 nitrogen and oxygen atoms in total. The lowest BCUT2D eigenvalue weighted by molar-refractivity contribution is 0.464. The Morgan fingerprint density at radius 2 is 2.67 bits per heavy atom. The molecule has 0 amide bonds. The molecule has 0 aliphatic rings. The van der Waals surface area contributed by atoms with Crippen molar-refractivity contribution in [2.75, 3.05) is 0 Å². The van der Waals surface area contributed by atoms with Crippen molar-refractivity contribution in [1.29, 1.82) is 0 Å². The standard InChI is InChI=1S/C9H12N2O/c1-3-8(4-2)11-6-9-5-10-7-12-9/h1,5,7-8,11H,4,6H2,2H3. The van der Waals surface area contributed by atoms with Crippen molar-refractivity contribution < 1.29 is 4.42 Å². The van der Waals surface area contributed by atoms with Gasteiger partial charge in [0.1, 0.15) is 5.76 Å². The smallest absolute Gasteiger partial charge is 0.180 e. The van der Waals surface area contributed by atoms with Gasteiger partial charge in [-0.2, -0.15) is 0 Å². The summed E-state index contributed by atoms with van der Waals surface area (Å²) < 4.78 is 5.03. The Morgan fingerprint density at radius 3 is 3.17 bits per heavy atom. The van der Waals surface area contributed by atoms with Gasteiger partial charge in [-0.15, -0.1) is 6.42 Å². The van der Waals surface area contributed by atoms with Crippen LogP contribution >= 0.6 is 0 Å². The van der Waals surface area contributed by atoms with Crippen molar-refractivity contribution in [3.05, 3.63) is 18.4 Å². The van der Waals surface area contributed by atoms with Crippen LogP contribution in [0.4, 0.5) is 0 Å². The van der Waals surface area contributed by atoms with E-state index in [0.29, 0.717) is 6.54 Å². The number of rotatable bonds is 4. The Morgan fingerprint density at radius 1 is 1.83 bits per heavy atom. The second-order valence-electron chi connectivity index (χ2n) is 2.48. The Bertz CT molecular complexity index is 248. The summed E-state index contributed by atoms with van der Waals surface area (Å²) in [6.07, 6.45) is 9.27. The molecular weight excluding hydrogens is 152 g/mol. The first-order valence-corrected chi connectivity index (χ1v) is 3.93. The molecule has 0 spiro atoms. The Labute approximate surface area is 72.2 Å². The molecule has 1 unspecified atom stereocenters. The molecule has 0 fully saturated rings. The molecule has 1 aromatic heterocycles. The number of terminal acetylenes is 1. The zero-order chi connectivity index (χ0) is 8.81. The van der Waals surface area contributed by atoms with Crippen molar-refractivity contribution in [2.45, 2.75) is 25.9 Å². The third-order valence-corrected chi connectivity index (χ3v) is 1.62. The predicted octanol–water partition coefficient (Wildman–Crippen LogP) is 1.18. The number of oxazole rings is 1. The number of nitrogens with one attached hydrogen (secondary N) is 1. The highest BCUT2D eigenvalue weighted by atomic mass is 16.3. The van der Waals surface area contributed by atoms with Crippen LogP contribution in [0.3, 0.4) is 0 Å². The summed E-state index contributed by atoms with van der Waals surface area (Å²) >= 11 is 0. The van der Waals surface area contributed by atoms with Gasteiger partial charge in [0.05, 0.1) is 18.8 Å². The third kappa shape index (κ3) is 2.40. The molecule has 1 aromatic rings. The molecule has 3 heteroatoms. The number of aromatic nitrogens is 1. The quantitative estimate of drug-likeness (QED) is 0.679. The van der Waals surface area contributed by atoms with Crippen molar-refractivity contribution in [2.24, 2.45) is 0 Å². The number of nitrogens with zero attached hydrogens (tertiary/aromatic N) is 1. The van der Waals surface area contributed by atoms with Crippen LogP contribution in [-0.4, -0.2) is 11.0 Å². The second kappa shape index (κ2) is 4.58. The molecule has 0 aliphatic carbocycles. The van der Waals surface area contributed by atoms with E-state index in [9.17, 15) is 0 Å². The van der Waals surface area contributed by atoms with Gasteiger partial charge in [-0.1, -0.05) is 12.8 Å². The van der Waals surface area contributed by atoms with E-state index >= 15 is 0 Å². The lowest BCUT2D eigenvalue weighted by atomic mass is 10.2. The summed E-state index contributed by atoms with van der Waals surface area (Å²) in [5.41, 5.74) is 0. The Kier molecular flexibility index (Phi) is 3.36. The molecule has 0 radical (unpaired) electrons. The van der Waals surface area contributed by atoms with E-state index in [2.05, 4.69) is 16.2 Å². The van der Waals surface area contributed by atoms with Gasteiger partial charge in [-0.3, -0.25) is 5.32 Å². The number of hydrogen-bond acceptors (Lipinski definition) is 3. The van der Waals surface area contributed by atoms with Gasteiger partial charge in [0.2, 0.25) is 0 Å². The molecule has 0 aromatic carbocycles. The summed E-state index contributed by atoms with van der Waals surface area (Å²) in [6.45, 7) is 2.68. The van der Waals surface area contributed by atoms with Crippen LogP contribution in [0, 0.1) is 12.3 Å². The third-order valence-electron chi connectivity index (χ3n) is 1.62. The largest absolute Gasteiger partial charge is 0.447 e. The Hall–Kier alpha value is -1.27. The van der Waals surface area contributed by atoms with E-state index in [4.69, 9.17) is 10.8 Å². The monoisotopic (exact) mass is 164 g/mol. The first-order chi connectivity index (χ1) is 5.86. The van der Waals surface area contributed by atoms with Crippen LogP contribution in [-0.2, 0) is 6.54 Å². The minimum atomic E-state index is 0.120. The van der Waals surface area contributed by atoms with Gasteiger partial charge < -0.3 is 4.42 Å². The average molecular weight is 164 g/mol. The first-order valence-electron chi connectivity index (χ1n) is 3.93. The molecule has 0 saturated carbocycles. The van der Waals surface area contributed by atoms with E-state index in [-0.39, 0.29) is 6.04 Å². The van der Waals surface area contributed by atoms with E-state index in [0.717, 1.165) is 12.2 Å². The molecule has 0 bridgehead atoms. The van der Waals surface area contributed by atoms with Crippen LogP contribution in [0.5, 0.6) is 0 Å². The van der Waals surface area contributed by atoms with Crippen molar-refractivity contribution in [3.8, 4) is 12.3 Å². The number of hydrogen-bond donors (Lipinski definition) is 1. The molecule has 64 valence electrons. The zero-order valence-corrected chi connectivity index (χ0v) is 7.08. The van der Waals surface area contributed by atoms with Crippen molar-refractivity contribution in [3.63, 3.8) is 0 Å². The fourth-order valence-electron chi connectivity index (χ4n) is 0.874. The molecule has 1 heterocycles. The van der Waals surface area contributed by atoms with Crippen molar-refractivity contribution >= 4 is 0 Å². The van der Waals surface area contributed by atoms with E-state index in [1.54, 1.807) is 6.20 Å². The SMILES string of the molecule is C#CC(CC)NCc1cnco1. The molecule has 12 heavy (non-hydrogen) atoms. The summed E-state index contributed by atoms with van der Waals surface area (Å²) in [4.78, 5) is 3.79. The maximum atomic E-state index is 5.26. The van der Waals surface area contributed by atoms with Gasteiger partial charge in [-0.05, 0) is 6.42 Å². The minimum Gasteiger partial charge on any atom is -0.447 e. The van der Waals surface area contributed by atoms with Crippen LogP contribution in [0.15, 0.2) is 17.0 Å². The van der Waals surface area contributed by atoms with Crippen LogP contribution in [0.2, 0.25) is 0 Å². The highest BCUT2D eigenvalue weighted by Crippen LogP contribution is 1.97. The maximum Gasteiger partial charge on any atom is 0.180 e. The highest BCUT2D eigenvalue weighted by Gasteiger charge is 2.01. The molecule has 0 aliphatic heterocycles. The normalized spacial score (nSPS) is 12.3. The Balaban J connectivity index is 2.31. The zero-order valence-electron chi connectivity index (χ0n) is 7.08. The summed E-state index contributed by atoms with van der Waals surface area (Å²) in [6, 6.07) is 0.120. The molecule has 1 atom stereocenters. The fraction of sp³-hybridized carbons (Fsp3) is 0.444. The highest BCUT2D eigenvalue weighted by molar-refractivity contribution is 4.99. The summed E-state index contributed by atoms with van der Waals surface area (Å²) in [5.74, 6) is 3.45. The second-order valence-corrected chi connectivity index (χ2v) is 2.48. The topological polar surface area (TPSA) is 38.1 Å². The van der Waals surface area contributed by atoms with E-state index in [1.165, 1.54) is 6.39 Å². The molecule has 1 N–H and O–H groups in total. The summed E-state index contributed by atoms with van der Waals surface area (Å²) in [7, 11) is 0. The lowest BCUT2D eigenvalue weighted by Crippen LogP contribution is -2.25. The predicted molar refractivity (Wildman–Crippen MR) is 46.3 cm³/mol. The maximum absolute atomic E-state index is 5.26. The van der Waals surface area contributed by atoms with Gasteiger partial charge in [-0.25, -0.2) is 4.98 Å². The molecule has 1 rings (SSSR count). The lowest BCUT2D eigenvalue weighted by Gasteiger charge is -2.07.